The number of halogens is 1. The van der Waals surface area contributed by atoms with Crippen LogP contribution in [0.1, 0.15) is 51.0 Å². The minimum atomic E-state index is -0.138. The molecule has 1 aromatic rings. The van der Waals surface area contributed by atoms with Crippen molar-refractivity contribution in [1.82, 2.24) is 4.90 Å². The van der Waals surface area contributed by atoms with Gasteiger partial charge < -0.3 is 9.64 Å². The van der Waals surface area contributed by atoms with Crippen molar-refractivity contribution in [3.63, 3.8) is 0 Å². The molecule has 176 valence electrons. The van der Waals surface area contributed by atoms with Gasteiger partial charge in [-0.3, -0.25) is 0 Å². The molecule has 0 spiro atoms. The average molecular weight is 456 g/mol. The maximum Gasteiger partial charge on any atom is 0.192 e. The first-order chi connectivity index (χ1) is 16.5. The van der Waals surface area contributed by atoms with Gasteiger partial charge in [-0.05, 0) is 68.1 Å². The van der Waals surface area contributed by atoms with Gasteiger partial charge in [0.15, 0.2) is 5.88 Å². The lowest BCUT2D eigenvalue weighted by Gasteiger charge is -2.59. The third kappa shape index (κ3) is 2.67. The maximum atomic E-state index is 15.1. The van der Waals surface area contributed by atoms with E-state index >= 15 is 4.39 Å². The third-order valence-corrected chi connectivity index (χ3v) is 10.2. The van der Waals surface area contributed by atoms with Crippen LogP contribution in [0.4, 0.5) is 4.39 Å². The number of ether oxygens (including phenoxy) is 1. The fourth-order valence-corrected chi connectivity index (χ4v) is 8.03. The number of nitrogens with zero attached hydrogens (tertiary/aromatic N) is 1. The first-order valence-corrected chi connectivity index (χ1v) is 13.2. The molecule has 34 heavy (non-hydrogen) atoms. The Morgan fingerprint density at radius 2 is 1.91 bits per heavy atom. The number of hydrogen-bond acceptors (Lipinski definition) is 2. The summed E-state index contributed by atoms with van der Waals surface area (Å²) in [5.74, 6) is 3.69. The van der Waals surface area contributed by atoms with E-state index in [2.05, 4.69) is 85.5 Å². The molecule has 6 aliphatic rings. The SMILES string of the molecule is CC12C=CC1(C)N1CC3C=CC4C(F)=CCC(c5ccccc5)C4C3C=C1OC1=CCCCC12. The van der Waals surface area contributed by atoms with E-state index in [0.29, 0.717) is 17.8 Å². The summed E-state index contributed by atoms with van der Waals surface area (Å²) in [7, 11) is 0. The molecule has 1 saturated heterocycles. The average Bonchev–Trinajstić information content (AvgIpc) is 2.92. The lowest BCUT2D eigenvalue weighted by Crippen LogP contribution is -2.63. The lowest BCUT2D eigenvalue weighted by molar-refractivity contribution is -0.00290. The van der Waals surface area contributed by atoms with Gasteiger partial charge in [0.05, 0.1) is 5.54 Å². The van der Waals surface area contributed by atoms with Crippen LogP contribution < -0.4 is 0 Å². The number of rotatable bonds is 1. The number of benzene rings is 1. The molecule has 1 aromatic carbocycles. The molecular weight excluding hydrogens is 421 g/mol. The van der Waals surface area contributed by atoms with Gasteiger partial charge in [-0.15, -0.1) is 0 Å². The Morgan fingerprint density at radius 3 is 2.71 bits per heavy atom. The second-order valence-corrected chi connectivity index (χ2v) is 11.6. The molecule has 2 nitrogen and oxygen atoms in total. The number of fused-ring (bicyclic) bond motifs is 8. The number of allylic oxidation sites excluding steroid dienone is 6. The molecule has 2 aliphatic heterocycles. The highest BCUT2D eigenvalue weighted by Gasteiger charge is 2.61. The van der Waals surface area contributed by atoms with Gasteiger partial charge in [0.2, 0.25) is 0 Å². The molecule has 4 aliphatic carbocycles. The first kappa shape index (κ1) is 20.8. The smallest absolute Gasteiger partial charge is 0.192 e. The number of hydrogen-bond donors (Lipinski definition) is 0. The monoisotopic (exact) mass is 455 g/mol. The van der Waals surface area contributed by atoms with E-state index in [1.165, 1.54) is 18.4 Å². The molecule has 2 heterocycles. The van der Waals surface area contributed by atoms with Crippen LogP contribution in [-0.4, -0.2) is 17.0 Å². The largest absolute Gasteiger partial charge is 0.446 e. The zero-order valence-corrected chi connectivity index (χ0v) is 20.2. The van der Waals surface area contributed by atoms with E-state index in [1.54, 1.807) is 0 Å². The highest BCUT2D eigenvalue weighted by molar-refractivity contribution is 5.40. The Balaban J connectivity index is 1.34. The van der Waals surface area contributed by atoms with Crippen LogP contribution in [0, 0.1) is 35.0 Å². The van der Waals surface area contributed by atoms with E-state index in [9.17, 15) is 0 Å². The molecule has 0 radical (unpaired) electrons. The van der Waals surface area contributed by atoms with Gasteiger partial charge in [-0.25, -0.2) is 4.39 Å². The molecular formula is C31H34FNO. The molecule has 0 bridgehead atoms. The predicted octanol–water partition coefficient (Wildman–Crippen LogP) is 7.27. The third-order valence-electron chi connectivity index (χ3n) is 10.2. The second kappa shape index (κ2) is 7.23. The van der Waals surface area contributed by atoms with E-state index in [1.807, 2.05) is 6.08 Å². The highest BCUT2D eigenvalue weighted by Crippen LogP contribution is 2.61. The summed E-state index contributed by atoms with van der Waals surface area (Å²) in [5, 5.41) is 0. The van der Waals surface area contributed by atoms with Crippen LogP contribution in [0.5, 0.6) is 0 Å². The fourth-order valence-electron chi connectivity index (χ4n) is 8.03. The van der Waals surface area contributed by atoms with Crippen LogP contribution in [0.2, 0.25) is 0 Å². The van der Waals surface area contributed by atoms with Gasteiger partial charge in [0.1, 0.15) is 11.6 Å². The molecule has 0 saturated carbocycles. The van der Waals surface area contributed by atoms with Crippen LogP contribution in [0.15, 0.2) is 90.3 Å². The van der Waals surface area contributed by atoms with Crippen molar-refractivity contribution in [2.75, 3.05) is 6.54 Å². The fraction of sp³-hybridized carbons (Fsp3) is 0.484. The van der Waals surface area contributed by atoms with Crippen LogP contribution in [0.25, 0.3) is 0 Å². The summed E-state index contributed by atoms with van der Waals surface area (Å²) in [6, 6.07) is 10.7. The summed E-state index contributed by atoms with van der Waals surface area (Å²) in [4.78, 5) is 2.53. The van der Waals surface area contributed by atoms with Crippen molar-refractivity contribution in [2.24, 2.45) is 35.0 Å². The van der Waals surface area contributed by atoms with Crippen molar-refractivity contribution >= 4 is 0 Å². The van der Waals surface area contributed by atoms with Crippen molar-refractivity contribution < 1.29 is 9.13 Å². The van der Waals surface area contributed by atoms with Gasteiger partial charge in [-0.2, -0.15) is 0 Å². The molecule has 0 aromatic heterocycles. The van der Waals surface area contributed by atoms with Crippen LogP contribution in [0.3, 0.4) is 0 Å². The maximum absolute atomic E-state index is 15.1. The Hall–Kier alpha value is -2.55. The molecule has 0 N–H and O–H groups in total. The van der Waals surface area contributed by atoms with Crippen LogP contribution >= 0.6 is 0 Å². The molecule has 8 unspecified atom stereocenters. The minimum absolute atomic E-state index is 0.0472. The first-order valence-electron chi connectivity index (χ1n) is 13.2. The van der Waals surface area contributed by atoms with Gasteiger partial charge in [0, 0.05) is 29.7 Å². The van der Waals surface area contributed by atoms with E-state index in [0.717, 1.165) is 31.0 Å². The highest BCUT2D eigenvalue weighted by atomic mass is 19.1. The molecule has 0 amide bonds. The summed E-state index contributed by atoms with van der Waals surface area (Å²) in [5.41, 5.74) is 1.35. The van der Waals surface area contributed by atoms with Crippen molar-refractivity contribution in [2.45, 2.75) is 51.0 Å². The van der Waals surface area contributed by atoms with E-state index in [-0.39, 0.29) is 34.5 Å². The normalized spacial score (nSPS) is 43.9. The summed E-state index contributed by atoms with van der Waals surface area (Å²) >= 11 is 0. The summed E-state index contributed by atoms with van der Waals surface area (Å²) in [6.07, 6.45) is 20.1. The molecule has 1 fully saturated rings. The van der Waals surface area contributed by atoms with Crippen molar-refractivity contribution in [3.8, 4) is 0 Å². The van der Waals surface area contributed by atoms with Crippen LogP contribution in [-0.2, 0) is 4.74 Å². The Labute approximate surface area is 202 Å². The van der Waals surface area contributed by atoms with Gasteiger partial charge in [0.25, 0.3) is 0 Å². The van der Waals surface area contributed by atoms with Crippen molar-refractivity contribution in [3.05, 3.63) is 95.9 Å². The Kier molecular flexibility index (Phi) is 4.42. The zero-order valence-electron chi connectivity index (χ0n) is 20.2. The Bertz CT molecular complexity index is 1160. The summed E-state index contributed by atoms with van der Waals surface area (Å²) in [6.45, 7) is 5.75. The standard InChI is InChI=1S/C31H34FNO/c1-30-16-17-31(30,2)33-19-21-12-13-23-26(32)15-14-22(20-8-4-3-5-9-20)29(23)24(21)18-28(33)34-27-11-7-6-10-25(27)30/h3-5,8-9,11-13,15-18,21-25,29H,6-7,10,14,19H2,1-2H3. The second-order valence-electron chi connectivity index (χ2n) is 11.6. The lowest BCUT2D eigenvalue weighted by atomic mass is 9.53. The van der Waals surface area contributed by atoms with Gasteiger partial charge in [-0.1, -0.05) is 67.6 Å². The van der Waals surface area contributed by atoms with E-state index in [4.69, 9.17) is 4.74 Å². The minimum Gasteiger partial charge on any atom is -0.446 e. The topological polar surface area (TPSA) is 12.5 Å². The Morgan fingerprint density at radius 1 is 1.06 bits per heavy atom. The quantitative estimate of drug-likeness (QED) is 0.413. The molecule has 8 atom stereocenters. The van der Waals surface area contributed by atoms with Crippen molar-refractivity contribution in [1.29, 1.82) is 0 Å². The zero-order chi connectivity index (χ0) is 23.1. The predicted molar refractivity (Wildman–Crippen MR) is 133 cm³/mol. The molecule has 7 rings (SSSR count). The van der Waals surface area contributed by atoms with Gasteiger partial charge >= 0.3 is 0 Å². The summed E-state index contributed by atoms with van der Waals surface area (Å²) < 4.78 is 22.0. The molecule has 3 heteroatoms. The van der Waals surface area contributed by atoms with E-state index < -0.39 is 0 Å².